The van der Waals surface area contributed by atoms with Crippen molar-refractivity contribution in [2.24, 2.45) is 5.92 Å². The minimum atomic E-state index is 0.633. The Morgan fingerprint density at radius 3 is 2.57 bits per heavy atom. The van der Waals surface area contributed by atoms with E-state index < -0.39 is 0 Å². The Kier molecular flexibility index (Phi) is 4.18. The molecular formula is C12H23N2+. The average molecular weight is 195 g/mol. The Labute approximate surface area is 87.6 Å². The number of aromatic nitrogens is 2. The van der Waals surface area contributed by atoms with Crippen molar-refractivity contribution in [1.82, 2.24) is 4.57 Å². The lowest BCUT2D eigenvalue weighted by Gasteiger charge is -2.05. The second-order valence-corrected chi connectivity index (χ2v) is 4.59. The van der Waals surface area contributed by atoms with Gasteiger partial charge in [-0.3, -0.25) is 0 Å². The van der Waals surface area contributed by atoms with Crippen LogP contribution in [0.1, 0.15) is 46.6 Å². The van der Waals surface area contributed by atoms with Crippen LogP contribution in [0.15, 0.2) is 18.7 Å². The average Bonchev–Trinajstić information content (AvgIpc) is 2.52. The van der Waals surface area contributed by atoms with Crippen molar-refractivity contribution in [3.8, 4) is 0 Å². The van der Waals surface area contributed by atoms with E-state index in [-0.39, 0.29) is 0 Å². The molecule has 1 heterocycles. The van der Waals surface area contributed by atoms with Crippen LogP contribution >= 0.6 is 0 Å². The summed E-state index contributed by atoms with van der Waals surface area (Å²) >= 11 is 0. The lowest BCUT2D eigenvalue weighted by atomic mass is 10.2. The predicted molar refractivity (Wildman–Crippen MR) is 59.1 cm³/mol. The van der Waals surface area contributed by atoms with Gasteiger partial charge in [-0.1, -0.05) is 27.2 Å². The van der Waals surface area contributed by atoms with E-state index in [1.165, 1.54) is 12.8 Å². The van der Waals surface area contributed by atoms with Crippen LogP contribution in [-0.4, -0.2) is 4.57 Å². The molecule has 80 valence electrons. The smallest absolute Gasteiger partial charge is 0.237 e. The van der Waals surface area contributed by atoms with E-state index in [4.69, 9.17) is 0 Å². The van der Waals surface area contributed by atoms with E-state index >= 15 is 0 Å². The quantitative estimate of drug-likeness (QED) is 0.639. The van der Waals surface area contributed by atoms with Crippen molar-refractivity contribution < 1.29 is 4.57 Å². The van der Waals surface area contributed by atoms with Crippen molar-refractivity contribution in [3.63, 3.8) is 0 Å². The number of hydrogen-bond donors (Lipinski definition) is 0. The summed E-state index contributed by atoms with van der Waals surface area (Å²) in [6.07, 6.45) is 9.09. The molecule has 0 aromatic carbocycles. The fourth-order valence-electron chi connectivity index (χ4n) is 1.77. The molecule has 2 heteroatoms. The fourth-order valence-corrected chi connectivity index (χ4v) is 1.77. The van der Waals surface area contributed by atoms with Crippen molar-refractivity contribution in [2.45, 2.75) is 53.1 Å². The molecule has 2 nitrogen and oxygen atoms in total. The molecular weight excluding hydrogens is 172 g/mol. The third-order valence-electron chi connectivity index (χ3n) is 2.50. The monoisotopic (exact) mass is 195 g/mol. The van der Waals surface area contributed by atoms with Crippen LogP contribution < -0.4 is 4.57 Å². The summed E-state index contributed by atoms with van der Waals surface area (Å²) in [6.45, 7) is 10.1. The zero-order chi connectivity index (χ0) is 10.6. The van der Waals surface area contributed by atoms with Gasteiger partial charge in [0.05, 0.1) is 12.6 Å². The van der Waals surface area contributed by atoms with E-state index in [1.807, 2.05) is 0 Å². The van der Waals surface area contributed by atoms with Gasteiger partial charge in [-0.15, -0.1) is 0 Å². The molecule has 1 unspecified atom stereocenters. The van der Waals surface area contributed by atoms with Gasteiger partial charge in [0.2, 0.25) is 6.33 Å². The molecule has 1 aromatic heterocycles. The number of rotatable bonds is 5. The van der Waals surface area contributed by atoms with E-state index in [0.29, 0.717) is 6.04 Å². The van der Waals surface area contributed by atoms with Gasteiger partial charge in [0.1, 0.15) is 12.4 Å². The third-order valence-corrected chi connectivity index (χ3v) is 2.50. The highest BCUT2D eigenvalue weighted by Gasteiger charge is 2.10. The van der Waals surface area contributed by atoms with Crippen LogP contribution in [0.2, 0.25) is 0 Å². The van der Waals surface area contributed by atoms with Gasteiger partial charge in [-0.25, -0.2) is 9.13 Å². The largest absolute Gasteiger partial charge is 0.243 e. The molecule has 0 aliphatic heterocycles. The summed E-state index contributed by atoms with van der Waals surface area (Å²) in [5, 5.41) is 0. The topological polar surface area (TPSA) is 8.81 Å². The SMILES string of the molecule is CCCC(C)n1cc[n+](CC(C)C)c1. The Bertz CT molecular complexity index is 263. The standard InChI is InChI=1S/C12H23N2/c1-5-6-12(4)14-8-7-13(10-14)9-11(2)3/h7-8,10-12H,5-6,9H2,1-4H3/q+1. The maximum absolute atomic E-state index is 2.31. The highest BCUT2D eigenvalue weighted by atomic mass is 15.1. The molecule has 0 amide bonds. The molecule has 0 saturated carbocycles. The van der Waals surface area contributed by atoms with E-state index in [9.17, 15) is 0 Å². The maximum Gasteiger partial charge on any atom is 0.243 e. The molecule has 0 spiro atoms. The number of nitrogens with zero attached hydrogens (tertiary/aromatic N) is 2. The Hall–Kier alpha value is -0.790. The van der Waals surface area contributed by atoms with Gasteiger partial charge < -0.3 is 0 Å². The molecule has 0 aliphatic carbocycles. The zero-order valence-electron chi connectivity index (χ0n) is 9.90. The van der Waals surface area contributed by atoms with E-state index in [0.717, 1.165) is 12.5 Å². The minimum absolute atomic E-state index is 0.633. The first-order valence-corrected chi connectivity index (χ1v) is 5.70. The first-order chi connectivity index (χ1) is 6.63. The summed E-state index contributed by atoms with van der Waals surface area (Å²) < 4.78 is 4.59. The van der Waals surface area contributed by atoms with Crippen molar-refractivity contribution in [3.05, 3.63) is 18.7 Å². The van der Waals surface area contributed by atoms with Crippen molar-refractivity contribution >= 4 is 0 Å². The van der Waals surface area contributed by atoms with Crippen LogP contribution in [0.5, 0.6) is 0 Å². The number of imidazole rings is 1. The molecule has 0 aliphatic rings. The highest BCUT2D eigenvalue weighted by molar-refractivity contribution is 4.72. The highest BCUT2D eigenvalue weighted by Crippen LogP contribution is 2.10. The summed E-state index contributed by atoms with van der Waals surface area (Å²) in [5.41, 5.74) is 0. The van der Waals surface area contributed by atoms with Gasteiger partial charge in [-0.2, -0.15) is 0 Å². The van der Waals surface area contributed by atoms with E-state index in [2.05, 4.69) is 55.6 Å². The molecule has 0 saturated heterocycles. The molecule has 0 N–H and O–H groups in total. The predicted octanol–water partition coefficient (Wildman–Crippen LogP) is 2.79. The van der Waals surface area contributed by atoms with Crippen LogP contribution in [-0.2, 0) is 6.54 Å². The first-order valence-electron chi connectivity index (χ1n) is 5.70. The minimum Gasteiger partial charge on any atom is -0.237 e. The summed E-state index contributed by atoms with van der Waals surface area (Å²) in [6, 6.07) is 0.633. The summed E-state index contributed by atoms with van der Waals surface area (Å²) in [5.74, 6) is 0.720. The third kappa shape index (κ3) is 3.17. The van der Waals surface area contributed by atoms with Gasteiger partial charge in [0.15, 0.2) is 0 Å². The Morgan fingerprint density at radius 1 is 1.29 bits per heavy atom. The van der Waals surface area contributed by atoms with Gasteiger partial charge in [-0.05, 0) is 19.3 Å². The second-order valence-electron chi connectivity index (χ2n) is 4.59. The molecule has 1 rings (SSSR count). The van der Waals surface area contributed by atoms with Crippen LogP contribution in [0.3, 0.4) is 0 Å². The summed E-state index contributed by atoms with van der Waals surface area (Å²) in [4.78, 5) is 0. The van der Waals surface area contributed by atoms with Crippen LogP contribution in [0, 0.1) is 5.92 Å². The second kappa shape index (κ2) is 5.18. The zero-order valence-corrected chi connectivity index (χ0v) is 9.90. The lowest BCUT2D eigenvalue weighted by Crippen LogP contribution is -2.33. The van der Waals surface area contributed by atoms with Crippen molar-refractivity contribution in [2.75, 3.05) is 0 Å². The fraction of sp³-hybridized carbons (Fsp3) is 0.750. The molecule has 1 aromatic rings. The molecule has 0 bridgehead atoms. The lowest BCUT2D eigenvalue weighted by molar-refractivity contribution is -0.701. The van der Waals surface area contributed by atoms with Gasteiger partial charge >= 0.3 is 0 Å². The molecule has 14 heavy (non-hydrogen) atoms. The normalized spacial score (nSPS) is 13.5. The van der Waals surface area contributed by atoms with Crippen LogP contribution in [0.25, 0.3) is 0 Å². The molecule has 0 radical (unpaired) electrons. The Balaban J connectivity index is 2.58. The Morgan fingerprint density at radius 2 is 2.00 bits per heavy atom. The molecule has 0 fully saturated rings. The van der Waals surface area contributed by atoms with Crippen LogP contribution in [0.4, 0.5) is 0 Å². The van der Waals surface area contributed by atoms with E-state index in [1.54, 1.807) is 0 Å². The first kappa shape index (κ1) is 11.3. The summed E-state index contributed by atoms with van der Waals surface area (Å²) in [7, 11) is 0. The van der Waals surface area contributed by atoms with Gasteiger partial charge in [0, 0.05) is 0 Å². The number of hydrogen-bond acceptors (Lipinski definition) is 0. The maximum atomic E-state index is 2.31. The van der Waals surface area contributed by atoms with Crippen molar-refractivity contribution in [1.29, 1.82) is 0 Å². The molecule has 1 atom stereocenters. The van der Waals surface area contributed by atoms with Gasteiger partial charge in [0.25, 0.3) is 0 Å².